The van der Waals surface area contributed by atoms with Crippen LogP contribution in [0.4, 0.5) is 0 Å². The van der Waals surface area contributed by atoms with Crippen molar-refractivity contribution in [2.75, 3.05) is 0 Å². The summed E-state index contributed by atoms with van der Waals surface area (Å²) in [7, 11) is 0. The second kappa shape index (κ2) is 4.64. The number of benzene rings is 3. The van der Waals surface area contributed by atoms with Crippen molar-refractivity contribution in [2.24, 2.45) is 0 Å². The van der Waals surface area contributed by atoms with E-state index in [1.165, 1.54) is 0 Å². The zero-order valence-electron chi connectivity index (χ0n) is 13.2. The highest BCUT2D eigenvalue weighted by Crippen LogP contribution is 2.41. The summed E-state index contributed by atoms with van der Waals surface area (Å²) in [5.41, 5.74) is 4.54. The van der Waals surface area contributed by atoms with Crippen LogP contribution < -0.4 is 5.32 Å². The van der Waals surface area contributed by atoms with Gasteiger partial charge < -0.3 is 9.97 Å². The molecule has 6 rings (SSSR count). The standard InChI is InChI=1S/C20H10IN3O2/c21-8-5-6-10-12(7-8)23-18-14(10)16-15(19(25)24-20(16)26)13-9-3-1-2-4-11(9)22-17(13)18/h1-7,22-23H,(H,24,25,26). The normalized spacial score (nSPS) is 14.0. The van der Waals surface area contributed by atoms with Gasteiger partial charge in [-0.15, -0.1) is 0 Å². The number of carbonyl (C=O) groups excluding carboxylic acids is 2. The van der Waals surface area contributed by atoms with E-state index in [9.17, 15) is 9.59 Å². The molecule has 2 amide bonds. The number of rotatable bonds is 0. The van der Waals surface area contributed by atoms with Crippen molar-refractivity contribution in [3.8, 4) is 0 Å². The number of para-hydroxylation sites is 1. The summed E-state index contributed by atoms with van der Waals surface area (Å²) < 4.78 is 1.10. The van der Waals surface area contributed by atoms with Gasteiger partial charge in [-0.2, -0.15) is 0 Å². The van der Waals surface area contributed by atoms with E-state index in [0.29, 0.717) is 11.1 Å². The molecule has 0 aliphatic carbocycles. The Kier molecular flexibility index (Phi) is 2.56. The third-order valence-corrected chi connectivity index (χ3v) is 5.82. The molecule has 0 fully saturated rings. The maximum absolute atomic E-state index is 12.6. The monoisotopic (exact) mass is 451 g/mol. The van der Waals surface area contributed by atoms with Crippen molar-refractivity contribution < 1.29 is 9.59 Å². The summed E-state index contributed by atoms with van der Waals surface area (Å²) in [5, 5.41) is 5.97. The molecule has 1 aliphatic rings. The number of amides is 2. The van der Waals surface area contributed by atoms with E-state index < -0.39 is 0 Å². The van der Waals surface area contributed by atoms with Gasteiger partial charge >= 0.3 is 0 Å². The van der Waals surface area contributed by atoms with Crippen LogP contribution in [0.25, 0.3) is 43.6 Å². The molecule has 0 unspecified atom stereocenters. The maximum atomic E-state index is 12.6. The molecule has 3 N–H and O–H groups in total. The molecule has 0 spiro atoms. The van der Waals surface area contributed by atoms with Gasteiger partial charge in [-0.25, -0.2) is 0 Å². The van der Waals surface area contributed by atoms with E-state index in [4.69, 9.17) is 0 Å². The Morgan fingerprint density at radius 2 is 1.35 bits per heavy atom. The van der Waals surface area contributed by atoms with Crippen molar-refractivity contribution in [1.29, 1.82) is 0 Å². The number of hydrogen-bond acceptors (Lipinski definition) is 2. The third-order valence-electron chi connectivity index (χ3n) is 5.15. The Morgan fingerprint density at radius 1 is 0.731 bits per heavy atom. The lowest BCUT2D eigenvalue weighted by Gasteiger charge is -2.02. The summed E-state index contributed by atoms with van der Waals surface area (Å²) >= 11 is 2.27. The number of H-pyrrole nitrogens is 2. The van der Waals surface area contributed by atoms with Crippen molar-refractivity contribution in [1.82, 2.24) is 15.3 Å². The van der Waals surface area contributed by atoms with E-state index in [0.717, 1.165) is 47.2 Å². The van der Waals surface area contributed by atoms with Gasteiger partial charge in [-0.05, 0) is 40.8 Å². The lowest BCUT2D eigenvalue weighted by molar-refractivity contribution is 0.0880. The third kappa shape index (κ3) is 1.60. The minimum Gasteiger partial charge on any atom is -0.353 e. The number of aromatic amines is 2. The van der Waals surface area contributed by atoms with Gasteiger partial charge in [-0.1, -0.05) is 24.3 Å². The molecule has 3 heterocycles. The highest BCUT2D eigenvalue weighted by atomic mass is 127. The fraction of sp³-hybridized carbons (Fsp3) is 0. The summed E-state index contributed by atoms with van der Waals surface area (Å²) in [5.74, 6) is -0.664. The number of imide groups is 1. The molecular weight excluding hydrogens is 441 g/mol. The topological polar surface area (TPSA) is 77.8 Å². The minimum absolute atomic E-state index is 0.332. The number of halogens is 1. The molecule has 3 aromatic carbocycles. The van der Waals surface area contributed by atoms with Crippen LogP contribution in [0.2, 0.25) is 0 Å². The van der Waals surface area contributed by atoms with Crippen LogP contribution in [-0.4, -0.2) is 21.8 Å². The van der Waals surface area contributed by atoms with Gasteiger partial charge in [0, 0.05) is 36.1 Å². The number of nitrogens with one attached hydrogen (secondary N) is 3. The minimum atomic E-state index is -0.332. The van der Waals surface area contributed by atoms with E-state index in [2.05, 4.69) is 37.9 Å². The molecule has 124 valence electrons. The largest absolute Gasteiger partial charge is 0.353 e. The van der Waals surface area contributed by atoms with E-state index in [1.54, 1.807) is 0 Å². The van der Waals surface area contributed by atoms with Crippen LogP contribution in [0.5, 0.6) is 0 Å². The molecular formula is C20H10IN3O2. The van der Waals surface area contributed by atoms with Crippen molar-refractivity contribution >= 4 is 78.0 Å². The predicted molar refractivity (Wildman–Crippen MR) is 110 cm³/mol. The van der Waals surface area contributed by atoms with Gasteiger partial charge in [0.05, 0.1) is 22.2 Å². The van der Waals surface area contributed by atoms with Gasteiger partial charge in [-0.3, -0.25) is 14.9 Å². The Bertz CT molecular complexity index is 1460. The zero-order chi connectivity index (χ0) is 17.6. The second-order valence-electron chi connectivity index (χ2n) is 6.52. The first kappa shape index (κ1) is 14.3. The Hall–Kier alpha value is -2.87. The van der Waals surface area contributed by atoms with Crippen LogP contribution in [0.3, 0.4) is 0 Å². The molecule has 6 heteroatoms. The molecule has 1 aliphatic heterocycles. The first-order valence-electron chi connectivity index (χ1n) is 8.16. The number of fused-ring (bicyclic) bond motifs is 10. The molecule has 0 radical (unpaired) electrons. The van der Waals surface area contributed by atoms with Crippen LogP contribution in [0.15, 0.2) is 42.5 Å². The van der Waals surface area contributed by atoms with Gasteiger partial charge in [0.25, 0.3) is 11.8 Å². The summed E-state index contributed by atoms with van der Waals surface area (Å²) in [6.45, 7) is 0. The number of hydrogen-bond donors (Lipinski definition) is 3. The fourth-order valence-electron chi connectivity index (χ4n) is 4.14. The molecule has 0 bridgehead atoms. The maximum Gasteiger partial charge on any atom is 0.259 e. The highest BCUT2D eigenvalue weighted by molar-refractivity contribution is 14.1. The Labute approximate surface area is 159 Å². The average Bonchev–Trinajstić information content (AvgIpc) is 3.25. The molecule has 26 heavy (non-hydrogen) atoms. The van der Waals surface area contributed by atoms with Crippen LogP contribution >= 0.6 is 22.6 Å². The van der Waals surface area contributed by atoms with Crippen molar-refractivity contribution in [3.05, 3.63) is 57.2 Å². The van der Waals surface area contributed by atoms with Crippen LogP contribution in [0, 0.1) is 3.57 Å². The predicted octanol–water partition coefficient (Wildman–Crippen LogP) is 4.44. The Morgan fingerprint density at radius 3 is 2.08 bits per heavy atom. The van der Waals surface area contributed by atoms with Gasteiger partial charge in [0.2, 0.25) is 0 Å². The summed E-state index contributed by atoms with van der Waals surface area (Å²) in [6, 6.07) is 13.9. The summed E-state index contributed by atoms with van der Waals surface area (Å²) in [6.07, 6.45) is 0. The first-order chi connectivity index (χ1) is 12.6. The molecule has 2 aromatic heterocycles. The highest BCUT2D eigenvalue weighted by Gasteiger charge is 2.34. The van der Waals surface area contributed by atoms with Crippen LogP contribution in [-0.2, 0) is 0 Å². The first-order valence-corrected chi connectivity index (χ1v) is 9.24. The van der Waals surface area contributed by atoms with E-state index in [-0.39, 0.29) is 11.8 Å². The van der Waals surface area contributed by atoms with Crippen molar-refractivity contribution in [2.45, 2.75) is 0 Å². The molecule has 0 saturated carbocycles. The SMILES string of the molecule is O=C1NC(=O)c2c1c1c3ccccc3[nH]c1c1[nH]c3cc(I)ccc3c21. The molecule has 0 saturated heterocycles. The smallest absolute Gasteiger partial charge is 0.259 e. The second-order valence-corrected chi connectivity index (χ2v) is 7.76. The van der Waals surface area contributed by atoms with E-state index in [1.807, 2.05) is 42.5 Å². The number of carbonyl (C=O) groups is 2. The lowest BCUT2D eigenvalue weighted by atomic mass is 9.97. The summed E-state index contributed by atoms with van der Waals surface area (Å²) in [4.78, 5) is 32.2. The van der Waals surface area contributed by atoms with E-state index >= 15 is 0 Å². The van der Waals surface area contributed by atoms with Gasteiger partial charge in [0.15, 0.2) is 0 Å². The number of aromatic nitrogens is 2. The Balaban J connectivity index is 2.01. The zero-order valence-corrected chi connectivity index (χ0v) is 15.4. The molecule has 5 aromatic rings. The van der Waals surface area contributed by atoms with Crippen molar-refractivity contribution in [3.63, 3.8) is 0 Å². The fourth-order valence-corrected chi connectivity index (χ4v) is 4.63. The van der Waals surface area contributed by atoms with Gasteiger partial charge in [0.1, 0.15) is 0 Å². The van der Waals surface area contributed by atoms with Crippen LogP contribution in [0.1, 0.15) is 20.7 Å². The average molecular weight is 451 g/mol. The molecule has 5 nitrogen and oxygen atoms in total. The lowest BCUT2D eigenvalue weighted by Crippen LogP contribution is -2.20. The molecule has 0 atom stereocenters. The quantitative estimate of drug-likeness (QED) is 0.241.